The molecule has 1 aromatic heterocycles. The minimum Gasteiger partial charge on any atom is -0.494 e. The van der Waals surface area contributed by atoms with Crippen molar-refractivity contribution >= 4 is 39.7 Å². The quantitative estimate of drug-likeness (QED) is 0.692. The number of hydrogen-bond acceptors (Lipinski definition) is 4. The maximum Gasteiger partial charge on any atom is 0.265 e. The first-order valence-corrected chi connectivity index (χ1v) is 10.2. The number of carbonyl (C=O) groups is 1. The van der Waals surface area contributed by atoms with Gasteiger partial charge in [0, 0.05) is 29.2 Å². The number of benzene rings is 1. The molecule has 1 heterocycles. The van der Waals surface area contributed by atoms with Crippen molar-refractivity contribution < 1.29 is 9.53 Å². The average Bonchev–Trinajstić information content (AvgIpc) is 2.98. The molecule has 0 aliphatic heterocycles. The van der Waals surface area contributed by atoms with Crippen molar-refractivity contribution in [3.05, 3.63) is 29.1 Å². The van der Waals surface area contributed by atoms with Crippen LogP contribution < -0.4 is 15.4 Å². The molecule has 0 bridgehead atoms. The number of carbonyl (C=O) groups excluding carboxylic acids is 1. The van der Waals surface area contributed by atoms with Gasteiger partial charge in [-0.1, -0.05) is 44.2 Å². The first-order valence-electron chi connectivity index (χ1n) is 9.36. The van der Waals surface area contributed by atoms with Crippen molar-refractivity contribution in [1.82, 2.24) is 10.6 Å². The van der Waals surface area contributed by atoms with Gasteiger partial charge >= 0.3 is 0 Å². The topological polar surface area (TPSA) is 50.4 Å². The summed E-state index contributed by atoms with van der Waals surface area (Å²) in [5.74, 6) is 0.642. The SMILES string of the molecule is COc1c(C(=O)NCCNC2CCCCCCC2)sc2ccccc12.Cl. The van der Waals surface area contributed by atoms with Gasteiger partial charge in [-0.3, -0.25) is 4.79 Å². The Morgan fingerprint density at radius 3 is 2.54 bits per heavy atom. The Morgan fingerprint density at radius 1 is 1.12 bits per heavy atom. The maximum atomic E-state index is 12.5. The average molecular weight is 397 g/mol. The van der Waals surface area contributed by atoms with E-state index in [1.807, 2.05) is 24.3 Å². The highest BCUT2D eigenvalue weighted by Crippen LogP contribution is 2.37. The molecule has 26 heavy (non-hydrogen) atoms. The highest BCUT2D eigenvalue weighted by atomic mass is 35.5. The Morgan fingerprint density at radius 2 is 1.81 bits per heavy atom. The highest BCUT2D eigenvalue weighted by Gasteiger charge is 2.18. The zero-order valence-electron chi connectivity index (χ0n) is 15.4. The van der Waals surface area contributed by atoms with Gasteiger partial charge in [0.05, 0.1) is 7.11 Å². The van der Waals surface area contributed by atoms with E-state index in [0.29, 0.717) is 23.2 Å². The smallest absolute Gasteiger partial charge is 0.265 e. The van der Waals surface area contributed by atoms with Gasteiger partial charge in [0.15, 0.2) is 0 Å². The summed E-state index contributed by atoms with van der Waals surface area (Å²) in [6.45, 7) is 1.47. The molecule has 1 fully saturated rings. The van der Waals surface area contributed by atoms with Gasteiger partial charge in [-0.15, -0.1) is 23.7 Å². The highest BCUT2D eigenvalue weighted by molar-refractivity contribution is 7.21. The molecule has 1 aromatic carbocycles. The Hall–Kier alpha value is -1.30. The molecule has 2 aromatic rings. The third kappa shape index (κ3) is 5.35. The molecule has 2 N–H and O–H groups in total. The molecule has 0 atom stereocenters. The van der Waals surface area contributed by atoms with Crippen molar-refractivity contribution in [3.8, 4) is 5.75 Å². The van der Waals surface area contributed by atoms with E-state index in [1.54, 1.807) is 7.11 Å². The minimum atomic E-state index is -0.0440. The van der Waals surface area contributed by atoms with Gasteiger partial charge in [-0.25, -0.2) is 0 Å². The Labute approximate surface area is 166 Å². The van der Waals surface area contributed by atoms with E-state index in [-0.39, 0.29) is 18.3 Å². The number of hydrogen-bond donors (Lipinski definition) is 2. The third-order valence-corrected chi connectivity index (χ3v) is 6.06. The van der Waals surface area contributed by atoms with E-state index in [0.717, 1.165) is 16.6 Å². The number of fused-ring (bicyclic) bond motifs is 1. The Bertz CT molecular complexity index is 696. The van der Waals surface area contributed by atoms with E-state index in [9.17, 15) is 4.79 Å². The first-order chi connectivity index (χ1) is 12.3. The fraction of sp³-hybridized carbons (Fsp3) is 0.550. The molecular weight excluding hydrogens is 368 g/mol. The summed E-state index contributed by atoms with van der Waals surface area (Å²) in [6.07, 6.45) is 9.28. The molecule has 0 spiro atoms. The van der Waals surface area contributed by atoms with Crippen LogP contribution in [-0.4, -0.2) is 32.1 Å². The van der Waals surface area contributed by atoms with E-state index in [1.165, 1.54) is 56.3 Å². The molecule has 1 aliphatic carbocycles. The number of rotatable bonds is 6. The lowest BCUT2D eigenvalue weighted by Crippen LogP contribution is -2.37. The van der Waals surface area contributed by atoms with Crippen molar-refractivity contribution in [1.29, 1.82) is 0 Å². The number of amides is 1. The summed E-state index contributed by atoms with van der Waals surface area (Å²) < 4.78 is 6.56. The molecule has 0 unspecified atom stereocenters. The van der Waals surface area contributed by atoms with Crippen LogP contribution in [-0.2, 0) is 0 Å². The Balaban J connectivity index is 0.00000243. The van der Waals surface area contributed by atoms with Crippen molar-refractivity contribution in [2.45, 2.75) is 51.0 Å². The van der Waals surface area contributed by atoms with E-state index in [2.05, 4.69) is 10.6 Å². The molecule has 1 saturated carbocycles. The number of ether oxygens (including phenoxy) is 1. The molecule has 3 rings (SSSR count). The number of thiophene rings is 1. The zero-order valence-corrected chi connectivity index (χ0v) is 17.0. The van der Waals surface area contributed by atoms with Gasteiger partial charge in [0.25, 0.3) is 5.91 Å². The fourth-order valence-corrected chi connectivity index (χ4v) is 4.65. The summed E-state index contributed by atoms with van der Waals surface area (Å²) in [5.41, 5.74) is 0. The van der Waals surface area contributed by atoms with Crippen LogP contribution in [0.2, 0.25) is 0 Å². The van der Waals surface area contributed by atoms with Crippen LogP contribution in [0, 0.1) is 0 Å². The van der Waals surface area contributed by atoms with Crippen molar-refractivity contribution in [3.63, 3.8) is 0 Å². The van der Waals surface area contributed by atoms with Crippen LogP contribution in [0.15, 0.2) is 24.3 Å². The van der Waals surface area contributed by atoms with Crippen LogP contribution in [0.5, 0.6) is 5.75 Å². The van der Waals surface area contributed by atoms with E-state index in [4.69, 9.17) is 4.74 Å². The zero-order chi connectivity index (χ0) is 17.5. The first kappa shape index (κ1) is 21.0. The lowest BCUT2D eigenvalue weighted by atomic mass is 9.97. The second-order valence-electron chi connectivity index (χ2n) is 6.71. The molecule has 1 aliphatic rings. The van der Waals surface area contributed by atoms with E-state index >= 15 is 0 Å². The van der Waals surface area contributed by atoms with Gasteiger partial charge in [-0.05, 0) is 25.0 Å². The molecular formula is C20H29ClN2O2S. The van der Waals surface area contributed by atoms with Gasteiger partial charge < -0.3 is 15.4 Å². The normalized spacial score (nSPS) is 15.7. The van der Waals surface area contributed by atoms with Crippen molar-refractivity contribution in [2.75, 3.05) is 20.2 Å². The summed E-state index contributed by atoms with van der Waals surface area (Å²) in [6, 6.07) is 8.58. The van der Waals surface area contributed by atoms with Gasteiger partial charge in [0.1, 0.15) is 10.6 Å². The van der Waals surface area contributed by atoms with Crippen LogP contribution in [0.1, 0.15) is 54.6 Å². The molecule has 6 heteroatoms. The molecule has 144 valence electrons. The standard InChI is InChI=1S/C20H28N2O2S.ClH/c1-24-18-16-11-7-8-12-17(16)25-19(18)20(23)22-14-13-21-15-9-5-3-2-4-6-10-15;/h7-8,11-12,15,21H,2-6,9-10,13-14H2,1H3,(H,22,23);1H. The minimum absolute atomic E-state index is 0. The number of halogens is 1. The van der Waals surface area contributed by atoms with Gasteiger partial charge in [0.2, 0.25) is 0 Å². The number of nitrogens with one attached hydrogen (secondary N) is 2. The predicted octanol–water partition coefficient (Wildman–Crippen LogP) is 4.76. The summed E-state index contributed by atoms with van der Waals surface area (Å²) in [4.78, 5) is 13.2. The number of methoxy groups -OCH3 is 1. The van der Waals surface area contributed by atoms with Gasteiger partial charge in [-0.2, -0.15) is 0 Å². The lowest BCUT2D eigenvalue weighted by molar-refractivity contribution is 0.0955. The maximum absolute atomic E-state index is 12.5. The molecule has 4 nitrogen and oxygen atoms in total. The predicted molar refractivity (Wildman–Crippen MR) is 112 cm³/mol. The molecule has 0 saturated heterocycles. The van der Waals surface area contributed by atoms with Crippen LogP contribution >= 0.6 is 23.7 Å². The molecule has 0 radical (unpaired) electrons. The summed E-state index contributed by atoms with van der Waals surface area (Å²) >= 11 is 1.49. The summed E-state index contributed by atoms with van der Waals surface area (Å²) in [5, 5.41) is 7.65. The lowest BCUT2D eigenvalue weighted by Gasteiger charge is -2.21. The fourth-order valence-electron chi connectivity index (χ4n) is 3.57. The van der Waals surface area contributed by atoms with Crippen LogP contribution in [0.25, 0.3) is 10.1 Å². The van der Waals surface area contributed by atoms with Crippen molar-refractivity contribution in [2.24, 2.45) is 0 Å². The van der Waals surface area contributed by atoms with Crippen LogP contribution in [0.3, 0.4) is 0 Å². The largest absolute Gasteiger partial charge is 0.494 e. The third-order valence-electron chi connectivity index (χ3n) is 4.91. The second-order valence-corrected chi connectivity index (χ2v) is 7.76. The van der Waals surface area contributed by atoms with E-state index < -0.39 is 0 Å². The van der Waals surface area contributed by atoms with Crippen LogP contribution in [0.4, 0.5) is 0 Å². The monoisotopic (exact) mass is 396 g/mol. The summed E-state index contributed by atoms with van der Waals surface area (Å²) in [7, 11) is 1.63. The molecule has 1 amide bonds. The second kappa shape index (κ2) is 10.8. The Kier molecular flexibility index (Phi) is 8.69.